The number of anilines is 1. The average Bonchev–Trinajstić information content (AvgIpc) is 3.22. The summed E-state index contributed by atoms with van der Waals surface area (Å²) in [5.41, 5.74) is 2.14. The van der Waals surface area contributed by atoms with Crippen LogP contribution in [0.1, 0.15) is 62.9 Å². The number of rotatable bonds is 6. The first-order valence-electron chi connectivity index (χ1n) is 8.51. The summed E-state index contributed by atoms with van der Waals surface area (Å²) in [5, 5.41) is 7.38. The van der Waals surface area contributed by atoms with Crippen LogP contribution in [0.15, 0.2) is 28.8 Å². The van der Waals surface area contributed by atoms with Gasteiger partial charge >= 0.3 is 0 Å². The fraction of sp³-hybridized carbons (Fsp3) is 0.500. The molecule has 24 heavy (non-hydrogen) atoms. The molecule has 6 heteroatoms. The van der Waals surface area contributed by atoms with Crippen LogP contribution in [0, 0.1) is 0 Å². The van der Waals surface area contributed by atoms with Crippen molar-refractivity contribution >= 4 is 11.6 Å². The van der Waals surface area contributed by atoms with Gasteiger partial charge in [0.2, 0.25) is 11.8 Å². The SMILES string of the molecule is CC(C)c1nc(CN[C@@H](C)c2ccc(N3CCCC3=O)cc2)no1. The zero-order valence-electron chi connectivity index (χ0n) is 14.5. The quantitative estimate of drug-likeness (QED) is 0.882. The Hall–Kier alpha value is -2.21. The van der Waals surface area contributed by atoms with Crippen LogP contribution in [0.25, 0.3) is 0 Å². The maximum Gasteiger partial charge on any atom is 0.229 e. The lowest BCUT2D eigenvalue weighted by Gasteiger charge is -2.18. The highest BCUT2D eigenvalue weighted by Crippen LogP contribution is 2.23. The predicted molar refractivity (Wildman–Crippen MR) is 91.7 cm³/mol. The Morgan fingerprint density at radius 3 is 2.58 bits per heavy atom. The van der Waals surface area contributed by atoms with Gasteiger partial charge in [-0.3, -0.25) is 4.79 Å². The molecule has 0 bridgehead atoms. The summed E-state index contributed by atoms with van der Waals surface area (Å²) in [4.78, 5) is 18.0. The number of carbonyl (C=O) groups excluding carboxylic acids is 1. The first kappa shape index (κ1) is 16.6. The number of benzene rings is 1. The number of aromatic nitrogens is 2. The summed E-state index contributed by atoms with van der Waals surface area (Å²) in [6.45, 7) is 7.53. The van der Waals surface area contributed by atoms with E-state index in [0.29, 0.717) is 24.7 Å². The van der Waals surface area contributed by atoms with E-state index < -0.39 is 0 Å². The van der Waals surface area contributed by atoms with Crippen molar-refractivity contribution in [3.8, 4) is 0 Å². The van der Waals surface area contributed by atoms with Crippen LogP contribution in [-0.2, 0) is 11.3 Å². The van der Waals surface area contributed by atoms with E-state index >= 15 is 0 Å². The van der Waals surface area contributed by atoms with Gasteiger partial charge in [0.05, 0.1) is 6.54 Å². The van der Waals surface area contributed by atoms with Crippen molar-refractivity contribution < 1.29 is 9.32 Å². The molecule has 2 heterocycles. The largest absolute Gasteiger partial charge is 0.339 e. The van der Waals surface area contributed by atoms with Gasteiger partial charge in [-0.1, -0.05) is 31.1 Å². The monoisotopic (exact) mass is 328 g/mol. The summed E-state index contributed by atoms with van der Waals surface area (Å²) in [6, 6.07) is 8.32. The smallest absolute Gasteiger partial charge is 0.229 e. The lowest BCUT2D eigenvalue weighted by molar-refractivity contribution is -0.117. The number of nitrogens with one attached hydrogen (secondary N) is 1. The van der Waals surface area contributed by atoms with Gasteiger partial charge in [0.25, 0.3) is 0 Å². The molecule has 3 rings (SSSR count). The second-order valence-corrected chi connectivity index (χ2v) is 6.55. The minimum absolute atomic E-state index is 0.161. The fourth-order valence-electron chi connectivity index (χ4n) is 2.80. The molecule has 0 unspecified atom stereocenters. The summed E-state index contributed by atoms with van der Waals surface area (Å²) < 4.78 is 5.21. The molecule has 0 saturated carbocycles. The molecule has 1 atom stereocenters. The van der Waals surface area contributed by atoms with E-state index in [2.05, 4.69) is 34.5 Å². The van der Waals surface area contributed by atoms with Gasteiger partial charge in [-0.05, 0) is 31.0 Å². The Morgan fingerprint density at radius 1 is 1.25 bits per heavy atom. The molecule has 1 aromatic heterocycles. The Balaban J connectivity index is 1.58. The number of hydrogen-bond donors (Lipinski definition) is 1. The molecule has 128 valence electrons. The molecule has 1 aliphatic heterocycles. The molecule has 1 N–H and O–H groups in total. The highest BCUT2D eigenvalue weighted by molar-refractivity contribution is 5.95. The standard InChI is InChI=1S/C18H24N4O2/c1-12(2)18-20-16(21-24-18)11-19-13(3)14-6-8-15(9-7-14)22-10-4-5-17(22)23/h6-9,12-13,19H,4-5,10-11H2,1-3H3/t13-/m0/s1. The molecule has 1 saturated heterocycles. The van der Waals surface area contributed by atoms with Crippen LogP contribution in [0.4, 0.5) is 5.69 Å². The molecule has 2 aromatic rings. The summed E-state index contributed by atoms with van der Waals surface area (Å²) in [7, 11) is 0. The zero-order valence-corrected chi connectivity index (χ0v) is 14.5. The number of hydrogen-bond acceptors (Lipinski definition) is 5. The second kappa shape index (κ2) is 7.13. The maximum atomic E-state index is 11.8. The van der Waals surface area contributed by atoms with Crippen molar-refractivity contribution in [3.63, 3.8) is 0 Å². The van der Waals surface area contributed by atoms with Gasteiger partial charge in [0, 0.05) is 30.6 Å². The Kier molecular flexibility index (Phi) is 4.94. The summed E-state index contributed by atoms with van der Waals surface area (Å²) >= 11 is 0. The Bertz CT molecular complexity index is 693. The van der Waals surface area contributed by atoms with Crippen LogP contribution in [-0.4, -0.2) is 22.6 Å². The molecular weight excluding hydrogens is 304 g/mol. The van der Waals surface area contributed by atoms with Crippen molar-refractivity contribution in [1.29, 1.82) is 0 Å². The average molecular weight is 328 g/mol. The fourth-order valence-corrected chi connectivity index (χ4v) is 2.80. The molecule has 1 aliphatic rings. The molecule has 1 amide bonds. The topological polar surface area (TPSA) is 71.3 Å². The third kappa shape index (κ3) is 3.64. The molecule has 6 nitrogen and oxygen atoms in total. The normalized spacial score (nSPS) is 16.2. The second-order valence-electron chi connectivity index (χ2n) is 6.55. The first-order valence-corrected chi connectivity index (χ1v) is 8.51. The van der Waals surface area contributed by atoms with Gasteiger partial charge in [0.1, 0.15) is 0 Å². The van der Waals surface area contributed by atoms with Crippen LogP contribution in [0.3, 0.4) is 0 Å². The van der Waals surface area contributed by atoms with Gasteiger partial charge < -0.3 is 14.7 Å². The predicted octanol–water partition coefficient (Wildman–Crippen LogP) is 3.17. The van der Waals surface area contributed by atoms with E-state index in [-0.39, 0.29) is 17.9 Å². The number of nitrogens with zero attached hydrogens (tertiary/aromatic N) is 3. The van der Waals surface area contributed by atoms with Crippen molar-refractivity contribution in [1.82, 2.24) is 15.5 Å². The highest BCUT2D eigenvalue weighted by atomic mass is 16.5. The van der Waals surface area contributed by atoms with Crippen LogP contribution in [0.2, 0.25) is 0 Å². The van der Waals surface area contributed by atoms with Gasteiger partial charge in [0.15, 0.2) is 5.82 Å². The molecule has 0 spiro atoms. The van der Waals surface area contributed by atoms with Crippen LogP contribution in [0.5, 0.6) is 0 Å². The van der Waals surface area contributed by atoms with Crippen LogP contribution < -0.4 is 10.2 Å². The summed E-state index contributed by atoms with van der Waals surface area (Å²) in [6.07, 6.45) is 1.60. The van der Waals surface area contributed by atoms with E-state index in [0.717, 1.165) is 24.2 Å². The lowest BCUT2D eigenvalue weighted by atomic mass is 10.1. The molecular formula is C18H24N4O2. The Labute approximate surface area is 142 Å². The van der Waals surface area contributed by atoms with Gasteiger partial charge in [-0.15, -0.1) is 0 Å². The number of amides is 1. The van der Waals surface area contributed by atoms with E-state index in [1.165, 1.54) is 0 Å². The first-order chi connectivity index (χ1) is 11.5. The van der Waals surface area contributed by atoms with E-state index in [1.807, 2.05) is 30.9 Å². The van der Waals surface area contributed by atoms with Gasteiger partial charge in [-0.25, -0.2) is 0 Å². The molecule has 0 radical (unpaired) electrons. The maximum absolute atomic E-state index is 11.8. The van der Waals surface area contributed by atoms with E-state index in [4.69, 9.17) is 4.52 Å². The molecule has 1 aromatic carbocycles. The van der Waals surface area contributed by atoms with Crippen molar-refractivity contribution in [2.75, 3.05) is 11.4 Å². The van der Waals surface area contributed by atoms with E-state index in [1.54, 1.807) is 0 Å². The molecule has 1 fully saturated rings. The Morgan fingerprint density at radius 2 is 2.00 bits per heavy atom. The molecule has 0 aliphatic carbocycles. The highest BCUT2D eigenvalue weighted by Gasteiger charge is 2.21. The minimum atomic E-state index is 0.161. The lowest BCUT2D eigenvalue weighted by Crippen LogP contribution is -2.24. The van der Waals surface area contributed by atoms with Crippen molar-refractivity contribution in [2.45, 2.75) is 52.1 Å². The number of carbonyl (C=O) groups is 1. The van der Waals surface area contributed by atoms with Crippen molar-refractivity contribution in [2.24, 2.45) is 0 Å². The summed E-state index contributed by atoms with van der Waals surface area (Å²) in [5.74, 6) is 1.79. The van der Waals surface area contributed by atoms with Crippen LogP contribution >= 0.6 is 0 Å². The third-order valence-corrected chi connectivity index (χ3v) is 4.32. The van der Waals surface area contributed by atoms with Gasteiger partial charge in [-0.2, -0.15) is 4.98 Å². The zero-order chi connectivity index (χ0) is 17.1. The third-order valence-electron chi connectivity index (χ3n) is 4.32. The van der Waals surface area contributed by atoms with E-state index in [9.17, 15) is 4.79 Å². The van der Waals surface area contributed by atoms with Crippen molar-refractivity contribution in [3.05, 3.63) is 41.5 Å². The minimum Gasteiger partial charge on any atom is -0.339 e.